The lowest BCUT2D eigenvalue weighted by molar-refractivity contribution is 0.414. The van der Waals surface area contributed by atoms with E-state index in [0.717, 1.165) is 42.1 Å². The van der Waals surface area contributed by atoms with Crippen molar-refractivity contribution in [2.45, 2.75) is 31.3 Å². The van der Waals surface area contributed by atoms with E-state index in [1.165, 1.54) is 22.3 Å². The topological polar surface area (TPSA) is 42.5 Å². The average Bonchev–Trinajstić information content (AvgIpc) is 2.99. The fourth-order valence-corrected chi connectivity index (χ4v) is 4.64. The summed E-state index contributed by atoms with van der Waals surface area (Å²) in [5, 5.41) is 7.29. The zero-order chi connectivity index (χ0) is 27.5. The Morgan fingerprint density at radius 3 is 1.20 bits per heavy atom. The third-order valence-electron chi connectivity index (χ3n) is 6.84. The first-order valence-electron chi connectivity index (χ1n) is 13.3. The maximum atomic E-state index is 5.30. The van der Waals surface area contributed by atoms with E-state index < -0.39 is 0 Å². The van der Waals surface area contributed by atoms with E-state index in [4.69, 9.17) is 9.47 Å². The van der Waals surface area contributed by atoms with Crippen LogP contribution >= 0.6 is 24.8 Å². The molecular formula is C35H40Cl2N2O2. The van der Waals surface area contributed by atoms with Gasteiger partial charge < -0.3 is 20.1 Å². The average molecular weight is 592 g/mol. The smallest absolute Gasteiger partial charge is 0.118 e. The summed E-state index contributed by atoms with van der Waals surface area (Å²) in [6.07, 6.45) is 6.45. The number of hydrogen-bond acceptors (Lipinski definition) is 4. The molecule has 0 aliphatic carbocycles. The lowest BCUT2D eigenvalue weighted by atomic mass is 10.0. The molecular weight excluding hydrogens is 551 g/mol. The van der Waals surface area contributed by atoms with Crippen molar-refractivity contribution in [3.63, 3.8) is 0 Å². The third-order valence-corrected chi connectivity index (χ3v) is 6.84. The summed E-state index contributed by atoms with van der Waals surface area (Å²) >= 11 is 0. The van der Waals surface area contributed by atoms with Gasteiger partial charge in [0.25, 0.3) is 0 Å². The van der Waals surface area contributed by atoms with Gasteiger partial charge in [-0.1, -0.05) is 60.7 Å². The molecule has 4 aromatic carbocycles. The number of nitrogens with one attached hydrogen (secondary N) is 2. The standard InChI is InChI=1S/C35H38N2O2.2ClH/c1-5-7-34(28-13-21-32(38-3)22-14-28)36-30-17-9-26(10-18-30)25-27-11-19-31(20-12-27)37-35(8-6-2)29-15-23-33(39-4)24-16-29;;/h5-6,9-24,34-37H,1-2,7-8,25H2,3-4H3;2*1H. The van der Waals surface area contributed by atoms with Crippen molar-refractivity contribution in [3.05, 3.63) is 145 Å². The van der Waals surface area contributed by atoms with E-state index >= 15 is 0 Å². The van der Waals surface area contributed by atoms with Gasteiger partial charge in [0.15, 0.2) is 0 Å². The summed E-state index contributed by atoms with van der Waals surface area (Å²) < 4.78 is 10.6. The summed E-state index contributed by atoms with van der Waals surface area (Å²) in [4.78, 5) is 0. The largest absolute Gasteiger partial charge is 0.497 e. The van der Waals surface area contributed by atoms with Gasteiger partial charge in [-0.3, -0.25) is 0 Å². The van der Waals surface area contributed by atoms with Crippen LogP contribution in [0.5, 0.6) is 11.5 Å². The Hall–Kier alpha value is -3.86. The quantitative estimate of drug-likeness (QED) is 0.143. The Balaban J connectivity index is 0.00000294. The van der Waals surface area contributed by atoms with Crippen LogP contribution in [0.3, 0.4) is 0 Å². The molecule has 0 fully saturated rings. The number of methoxy groups -OCH3 is 2. The van der Waals surface area contributed by atoms with Crippen LogP contribution in [0.1, 0.15) is 47.2 Å². The Bertz CT molecular complexity index is 1220. The van der Waals surface area contributed by atoms with E-state index in [2.05, 4.69) is 96.6 Å². The molecule has 6 heteroatoms. The molecule has 216 valence electrons. The molecule has 0 aliphatic heterocycles. The molecule has 41 heavy (non-hydrogen) atoms. The molecule has 0 amide bonds. The lowest BCUT2D eigenvalue weighted by Gasteiger charge is -2.20. The number of hydrogen-bond donors (Lipinski definition) is 2. The van der Waals surface area contributed by atoms with Crippen molar-refractivity contribution in [2.75, 3.05) is 24.9 Å². The van der Waals surface area contributed by atoms with Crippen LogP contribution in [-0.2, 0) is 6.42 Å². The Labute approximate surface area is 257 Å². The number of ether oxygens (including phenoxy) is 2. The van der Waals surface area contributed by atoms with Gasteiger partial charge in [-0.05, 0) is 90.0 Å². The molecule has 0 saturated carbocycles. The van der Waals surface area contributed by atoms with Crippen LogP contribution in [0.4, 0.5) is 11.4 Å². The van der Waals surface area contributed by atoms with E-state index in [0.29, 0.717) is 0 Å². The van der Waals surface area contributed by atoms with E-state index in [1.807, 2.05) is 36.4 Å². The lowest BCUT2D eigenvalue weighted by Crippen LogP contribution is -2.10. The molecule has 2 unspecified atom stereocenters. The van der Waals surface area contributed by atoms with Gasteiger partial charge in [0.1, 0.15) is 11.5 Å². The number of benzene rings is 4. The minimum absolute atomic E-state index is 0. The normalized spacial score (nSPS) is 11.6. The molecule has 0 saturated heterocycles. The maximum absolute atomic E-state index is 5.30. The van der Waals surface area contributed by atoms with Crippen molar-refractivity contribution in [1.82, 2.24) is 0 Å². The molecule has 0 bridgehead atoms. The molecule has 2 N–H and O–H groups in total. The molecule has 0 aliphatic rings. The van der Waals surface area contributed by atoms with Crippen molar-refractivity contribution < 1.29 is 9.47 Å². The Morgan fingerprint density at radius 2 is 0.902 bits per heavy atom. The molecule has 2 atom stereocenters. The van der Waals surface area contributed by atoms with E-state index in [9.17, 15) is 0 Å². The third kappa shape index (κ3) is 9.63. The summed E-state index contributed by atoms with van der Waals surface area (Å²) in [6, 6.07) is 34.1. The Morgan fingerprint density at radius 1 is 0.561 bits per heavy atom. The monoisotopic (exact) mass is 590 g/mol. The van der Waals surface area contributed by atoms with Gasteiger partial charge >= 0.3 is 0 Å². The minimum Gasteiger partial charge on any atom is -0.497 e. The summed E-state index contributed by atoms with van der Waals surface area (Å²) in [5.41, 5.74) is 7.13. The number of halogens is 2. The van der Waals surface area contributed by atoms with Gasteiger partial charge in [-0.25, -0.2) is 0 Å². The van der Waals surface area contributed by atoms with Gasteiger partial charge in [0.05, 0.1) is 26.3 Å². The highest BCUT2D eigenvalue weighted by Gasteiger charge is 2.12. The highest BCUT2D eigenvalue weighted by atomic mass is 35.5. The second-order valence-electron chi connectivity index (χ2n) is 9.56. The van der Waals surface area contributed by atoms with Gasteiger partial charge in [-0.15, -0.1) is 38.0 Å². The number of rotatable bonds is 14. The van der Waals surface area contributed by atoms with Crippen LogP contribution in [0.25, 0.3) is 0 Å². The van der Waals surface area contributed by atoms with E-state index in [1.54, 1.807) is 14.2 Å². The molecule has 0 heterocycles. The zero-order valence-corrected chi connectivity index (χ0v) is 25.3. The summed E-state index contributed by atoms with van der Waals surface area (Å²) in [5.74, 6) is 1.72. The predicted octanol–water partition coefficient (Wildman–Crippen LogP) is 9.60. The second kappa shape index (κ2) is 17.1. The predicted molar refractivity (Wildman–Crippen MR) is 179 cm³/mol. The highest BCUT2D eigenvalue weighted by Crippen LogP contribution is 2.27. The minimum atomic E-state index is 0. The zero-order valence-electron chi connectivity index (χ0n) is 23.7. The fourth-order valence-electron chi connectivity index (χ4n) is 4.64. The van der Waals surface area contributed by atoms with Crippen LogP contribution in [0.15, 0.2) is 122 Å². The SMILES string of the molecule is C=CCC(Nc1ccc(Cc2ccc(NC(CC=C)c3ccc(OC)cc3)cc2)cc1)c1ccc(OC)cc1.Cl.Cl. The highest BCUT2D eigenvalue weighted by molar-refractivity contribution is 5.85. The number of anilines is 2. The first kappa shape index (κ1) is 33.3. The second-order valence-corrected chi connectivity index (χ2v) is 9.56. The first-order valence-corrected chi connectivity index (χ1v) is 13.3. The van der Waals surface area contributed by atoms with Crippen molar-refractivity contribution in [1.29, 1.82) is 0 Å². The maximum Gasteiger partial charge on any atom is 0.118 e. The summed E-state index contributed by atoms with van der Waals surface area (Å²) in [7, 11) is 3.37. The molecule has 4 nitrogen and oxygen atoms in total. The van der Waals surface area contributed by atoms with Crippen molar-refractivity contribution in [3.8, 4) is 11.5 Å². The van der Waals surface area contributed by atoms with E-state index in [-0.39, 0.29) is 36.9 Å². The van der Waals surface area contributed by atoms with Gasteiger partial charge in [0, 0.05) is 11.4 Å². The van der Waals surface area contributed by atoms with Gasteiger partial charge in [-0.2, -0.15) is 0 Å². The summed E-state index contributed by atoms with van der Waals surface area (Å²) in [6.45, 7) is 7.87. The fraction of sp³-hybridized carbons (Fsp3) is 0.200. The first-order chi connectivity index (χ1) is 19.1. The van der Waals surface area contributed by atoms with Crippen LogP contribution < -0.4 is 20.1 Å². The van der Waals surface area contributed by atoms with Crippen molar-refractivity contribution in [2.24, 2.45) is 0 Å². The molecule has 0 radical (unpaired) electrons. The molecule has 0 spiro atoms. The molecule has 0 aromatic heterocycles. The van der Waals surface area contributed by atoms with Crippen LogP contribution in [-0.4, -0.2) is 14.2 Å². The van der Waals surface area contributed by atoms with Crippen LogP contribution in [0.2, 0.25) is 0 Å². The van der Waals surface area contributed by atoms with Gasteiger partial charge in [0.2, 0.25) is 0 Å². The Kier molecular flexibility index (Phi) is 13.9. The van der Waals surface area contributed by atoms with Crippen molar-refractivity contribution >= 4 is 36.2 Å². The molecule has 4 aromatic rings. The van der Waals surface area contributed by atoms with Crippen LogP contribution in [0, 0.1) is 0 Å². The molecule has 4 rings (SSSR count).